The van der Waals surface area contributed by atoms with Crippen molar-refractivity contribution in [1.29, 1.82) is 0 Å². The molecular weight excluding hydrogens is 288 g/mol. The summed E-state index contributed by atoms with van der Waals surface area (Å²) in [4.78, 5) is 16.4. The van der Waals surface area contributed by atoms with Gasteiger partial charge in [0.15, 0.2) is 16.6 Å². The topological polar surface area (TPSA) is 60.5 Å². The van der Waals surface area contributed by atoms with Gasteiger partial charge in [0.1, 0.15) is 13.2 Å². The highest BCUT2D eigenvalue weighted by molar-refractivity contribution is 7.22. The maximum atomic E-state index is 12.0. The number of benzene rings is 1. The Kier molecular flexibility index (Phi) is 3.49. The van der Waals surface area contributed by atoms with Gasteiger partial charge in [-0.25, -0.2) is 4.98 Å². The van der Waals surface area contributed by atoms with Crippen LogP contribution in [0.2, 0.25) is 0 Å². The van der Waals surface area contributed by atoms with Crippen LogP contribution >= 0.6 is 11.3 Å². The second kappa shape index (κ2) is 5.18. The molecule has 0 saturated carbocycles. The number of nitrogens with one attached hydrogen (secondary N) is 1. The van der Waals surface area contributed by atoms with Crippen molar-refractivity contribution in [1.82, 2.24) is 4.98 Å². The molecule has 6 heteroatoms. The Labute approximate surface area is 127 Å². The van der Waals surface area contributed by atoms with Crippen LogP contribution in [0.1, 0.15) is 27.2 Å². The van der Waals surface area contributed by atoms with Crippen LogP contribution in [-0.4, -0.2) is 24.1 Å². The van der Waals surface area contributed by atoms with Crippen molar-refractivity contribution in [2.24, 2.45) is 5.41 Å². The molecule has 2 aromatic rings. The van der Waals surface area contributed by atoms with Gasteiger partial charge in [0, 0.05) is 18.6 Å². The van der Waals surface area contributed by atoms with Crippen molar-refractivity contribution in [2.75, 3.05) is 18.5 Å². The number of thiazole rings is 1. The van der Waals surface area contributed by atoms with Gasteiger partial charge >= 0.3 is 0 Å². The third-order valence-electron chi connectivity index (χ3n) is 2.99. The van der Waals surface area contributed by atoms with Crippen LogP contribution in [0.3, 0.4) is 0 Å². The quantitative estimate of drug-likeness (QED) is 0.923. The van der Waals surface area contributed by atoms with E-state index in [2.05, 4.69) is 10.3 Å². The molecule has 0 unspecified atom stereocenters. The lowest BCUT2D eigenvalue weighted by Crippen LogP contribution is -2.19. The summed E-state index contributed by atoms with van der Waals surface area (Å²) in [6.07, 6.45) is 0.464. The molecule has 0 atom stereocenters. The van der Waals surface area contributed by atoms with Gasteiger partial charge < -0.3 is 14.8 Å². The zero-order valence-electron chi connectivity index (χ0n) is 12.4. The Hall–Kier alpha value is -1.82. The summed E-state index contributed by atoms with van der Waals surface area (Å²) in [6, 6.07) is 3.78. The summed E-state index contributed by atoms with van der Waals surface area (Å²) in [5.74, 6) is 1.44. The minimum Gasteiger partial charge on any atom is -0.486 e. The summed E-state index contributed by atoms with van der Waals surface area (Å²) in [7, 11) is 0. The fourth-order valence-electron chi connectivity index (χ4n) is 2.16. The predicted molar refractivity (Wildman–Crippen MR) is 83.3 cm³/mol. The van der Waals surface area contributed by atoms with Crippen LogP contribution in [-0.2, 0) is 4.79 Å². The number of anilines is 1. The van der Waals surface area contributed by atoms with Gasteiger partial charge in [-0.1, -0.05) is 32.1 Å². The number of ether oxygens (including phenoxy) is 2. The molecule has 1 N–H and O–H groups in total. The molecule has 0 fully saturated rings. The number of amides is 1. The first-order chi connectivity index (χ1) is 9.90. The molecule has 1 aliphatic rings. The van der Waals surface area contributed by atoms with E-state index in [1.54, 1.807) is 0 Å². The van der Waals surface area contributed by atoms with Gasteiger partial charge in [-0.3, -0.25) is 4.79 Å². The number of hydrogen-bond donors (Lipinski definition) is 1. The number of rotatable bonds is 2. The second-order valence-corrected chi connectivity index (χ2v) is 7.30. The lowest BCUT2D eigenvalue weighted by molar-refractivity contribution is -0.117. The van der Waals surface area contributed by atoms with E-state index >= 15 is 0 Å². The first kappa shape index (κ1) is 14.1. The molecule has 1 aromatic carbocycles. The van der Waals surface area contributed by atoms with Gasteiger partial charge in [-0.2, -0.15) is 0 Å². The summed E-state index contributed by atoms with van der Waals surface area (Å²) < 4.78 is 12.1. The largest absolute Gasteiger partial charge is 0.486 e. The average Bonchev–Trinajstić information content (AvgIpc) is 2.74. The summed E-state index contributed by atoms with van der Waals surface area (Å²) in [5.41, 5.74) is 0.775. The molecule has 21 heavy (non-hydrogen) atoms. The van der Waals surface area contributed by atoms with Crippen LogP contribution in [0.4, 0.5) is 5.13 Å². The number of fused-ring (bicyclic) bond motifs is 2. The lowest BCUT2D eigenvalue weighted by Gasteiger charge is -2.17. The Balaban J connectivity index is 1.82. The van der Waals surface area contributed by atoms with Gasteiger partial charge in [-0.15, -0.1) is 0 Å². The zero-order chi connectivity index (χ0) is 15.0. The third-order valence-corrected chi connectivity index (χ3v) is 3.92. The molecule has 112 valence electrons. The predicted octanol–water partition coefficient (Wildman–Crippen LogP) is 3.44. The second-order valence-electron chi connectivity index (χ2n) is 6.27. The van der Waals surface area contributed by atoms with Crippen LogP contribution in [0.5, 0.6) is 11.5 Å². The SMILES string of the molecule is CC(C)(C)CC(=O)Nc1nc2cc3c(cc2s1)OCCO3. The number of hydrogen-bond acceptors (Lipinski definition) is 5. The van der Waals surface area contributed by atoms with Crippen molar-refractivity contribution in [3.05, 3.63) is 12.1 Å². The number of carbonyl (C=O) groups is 1. The van der Waals surface area contributed by atoms with Crippen molar-refractivity contribution in [3.63, 3.8) is 0 Å². The minimum absolute atomic E-state index is 0.0150. The molecule has 1 aromatic heterocycles. The maximum absolute atomic E-state index is 12.0. The van der Waals surface area contributed by atoms with Gasteiger partial charge in [0.25, 0.3) is 0 Å². The highest BCUT2D eigenvalue weighted by atomic mass is 32.1. The molecular formula is C15H18N2O3S. The molecule has 0 spiro atoms. The smallest absolute Gasteiger partial charge is 0.226 e. The fraction of sp³-hybridized carbons (Fsp3) is 0.467. The first-order valence-electron chi connectivity index (χ1n) is 6.91. The molecule has 0 bridgehead atoms. The Morgan fingerprint density at radius 2 is 1.95 bits per heavy atom. The Morgan fingerprint density at radius 3 is 2.62 bits per heavy atom. The van der Waals surface area contributed by atoms with E-state index < -0.39 is 0 Å². The van der Waals surface area contributed by atoms with E-state index in [0.29, 0.717) is 30.5 Å². The Morgan fingerprint density at radius 1 is 1.29 bits per heavy atom. The fourth-order valence-corrected chi connectivity index (χ4v) is 3.06. The third kappa shape index (κ3) is 3.26. The molecule has 0 radical (unpaired) electrons. The standard InChI is InChI=1S/C15H18N2O3S/c1-15(2,3)8-13(18)17-14-16-9-6-10-11(7-12(9)21-14)20-5-4-19-10/h6-7H,4-5,8H2,1-3H3,(H,16,17,18). The molecule has 2 heterocycles. The van der Waals surface area contributed by atoms with E-state index in [0.717, 1.165) is 16.0 Å². The zero-order valence-corrected chi connectivity index (χ0v) is 13.2. The maximum Gasteiger partial charge on any atom is 0.226 e. The molecule has 0 saturated heterocycles. The van der Waals surface area contributed by atoms with Crippen molar-refractivity contribution in [3.8, 4) is 11.5 Å². The lowest BCUT2D eigenvalue weighted by atomic mass is 9.92. The van der Waals surface area contributed by atoms with Gasteiger partial charge in [-0.05, 0) is 5.41 Å². The van der Waals surface area contributed by atoms with E-state index in [1.165, 1.54) is 11.3 Å². The van der Waals surface area contributed by atoms with E-state index in [4.69, 9.17) is 9.47 Å². The number of nitrogens with zero attached hydrogens (tertiary/aromatic N) is 1. The number of carbonyl (C=O) groups excluding carboxylic acids is 1. The van der Waals surface area contributed by atoms with Crippen LogP contribution < -0.4 is 14.8 Å². The monoisotopic (exact) mass is 306 g/mol. The first-order valence-corrected chi connectivity index (χ1v) is 7.72. The molecule has 0 aliphatic carbocycles. The summed E-state index contributed by atoms with van der Waals surface area (Å²) in [6.45, 7) is 7.22. The molecule has 3 rings (SSSR count). The van der Waals surface area contributed by atoms with Crippen molar-refractivity contribution < 1.29 is 14.3 Å². The molecule has 1 aliphatic heterocycles. The van der Waals surface area contributed by atoms with Crippen LogP contribution in [0, 0.1) is 5.41 Å². The summed E-state index contributed by atoms with van der Waals surface area (Å²) >= 11 is 1.45. The van der Waals surface area contributed by atoms with Gasteiger partial charge in [0.2, 0.25) is 5.91 Å². The highest BCUT2D eigenvalue weighted by Gasteiger charge is 2.18. The van der Waals surface area contributed by atoms with Crippen molar-refractivity contribution >= 4 is 32.6 Å². The number of aromatic nitrogens is 1. The Bertz CT molecular complexity index is 645. The van der Waals surface area contributed by atoms with Crippen molar-refractivity contribution in [2.45, 2.75) is 27.2 Å². The van der Waals surface area contributed by atoms with E-state index in [9.17, 15) is 4.79 Å². The van der Waals surface area contributed by atoms with Crippen LogP contribution in [0.25, 0.3) is 10.2 Å². The van der Waals surface area contributed by atoms with E-state index in [1.807, 2.05) is 32.9 Å². The molecule has 1 amide bonds. The normalized spacial score (nSPS) is 14.2. The minimum atomic E-state index is -0.0401. The van der Waals surface area contributed by atoms with E-state index in [-0.39, 0.29) is 11.3 Å². The van der Waals surface area contributed by atoms with Gasteiger partial charge in [0.05, 0.1) is 10.2 Å². The van der Waals surface area contributed by atoms with Crippen LogP contribution in [0.15, 0.2) is 12.1 Å². The average molecular weight is 306 g/mol. The summed E-state index contributed by atoms with van der Waals surface area (Å²) in [5, 5.41) is 3.48. The molecule has 5 nitrogen and oxygen atoms in total. The highest BCUT2D eigenvalue weighted by Crippen LogP contribution is 2.37.